The van der Waals surface area contributed by atoms with Crippen LogP contribution in [0.25, 0.3) is 11.3 Å². The van der Waals surface area contributed by atoms with Crippen LogP contribution in [0.1, 0.15) is 27.0 Å². The number of nitrogens with one attached hydrogen (secondary N) is 2. The van der Waals surface area contributed by atoms with Crippen LogP contribution in [-0.2, 0) is 9.37 Å². The summed E-state index contributed by atoms with van der Waals surface area (Å²) in [7, 11) is 0. The Kier molecular flexibility index (Phi) is 5.87. The molecule has 0 atom stereocenters. The summed E-state index contributed by atoms with van der Waals surface area (Å²) in [5.74, 6) is -0.468. The van der Waals surface area contributed by atoms with E-state index in [2.05, 4.69) is 14.4 Å². The van der Waals surface area contributed by atoms with Gasteiger partial charge in [0.15, 0.2) is 11.7 Å². The minimum atomic E-state index is -0.250. The van der Waals surface area contributed by atoms with Gasteiger partial charge in [0.1, 0.15) is 0 Å². The normalized spacial score (nSPS) is 12.3. The average molecular weight is 390 g/mol. The Labute approximate surface area is 180 Å². The summed E-state index contributed by atoms with van der Waals surface area (Å²) < 4.78 is 4.26. The molecule has 3 N–H and O–H groups in total. The summed E-state index contributed by atoms with van der Waals surface area (Å²) in [5.41, 5.74) is 2.57. The smallest absolute Gasteiger partial charge is 0.691 e. The molecule has 1 aliphatic carbocycles. The van der Waals surface area contributed by atoms with E-state index in [1.807, 2.05) is 0 Å². The summed E-state index contributed by atoms with van der Waals surface area (Å²) >= 11 is 0.755. The van der Waals surface area contributed by atoms with Gasteiger partial charge in [-0.15, -0.1) is 0 Å². The van der Waals surface area contributed by atoms with E-state index in [-0.39, 0.29) is 58.1 Å². The van der Waals surface area contributed by atoms with Crippen molar-refractivity contribution in [3.8, 4) is 17.1 Å². The van der Waals surface area contributed by atoms with Crippen molar-refractivity contribution in [2.75, 3.05) is 0 Å². The van der Waals surface area contributed by atoms with Gasteiger partial charge >= 0.3 is 29.6 Å². The second-order valence-corrected chi connectivity index (χ2v) is 6.37. The average Bonchev–Trinajstić information content (AvgIpc) is 3.02. The van der Waals surface area contributed by atoms with Crippen molar-refractivity contribution in [3.05, 3.63) is 70.8 Å². The van der Waals surface area contributed by atoms with Crippen LogP contribution in [0.4, 0.5) is 0 Å². The number of hydrogen-bond donors (Lipinski definition) is 3. The monoisotopic (exact) mass is 390 g/mol. The first-order valence-corrected chi connectivity index (χ1v) is 8.27. The Balaban J connectivity index is 0.00000210. The predicted octanol–water partition coefficient (Wildman–Crippen LogP) is -0.418. The number of aromatic hydroxyl groups is 1. The molecule has 0 spiro atoms. The van der Waals surface area contributed by atoms with Gasteiger partial charge in [0, 0.05) is 16.0 Å². The van der Waals surface area contributed by atoms with E-state index >= 15 is 0 Å². The van der Waals surface area contributed by atoms with Gasteiger partial charge in [-0.05, 0) is 17.7 Å². The molecule has 1 aliphatic rings. The number of H-pyrrole nitrogens is 1. The number of carbonyl (C=O) groups excluding carboxylic acids is 1. The number of fused-ring (bicyclic) bond motifs is 2. The summed E-state index contributed by atoms with van der Waals surface area (Å²) in [6, 6.07) is 13.6. The Bertz CT molecular complexity index is 1030. The molecule has 0 unspecified atom stereocenters. The summed E-state index contributed by atoms with van der Waals surface area (Å²) in [4.78, 5) is 16.4. The Morgan fingerprint density at radius 3 is 2.37 bits per heavy atom. The fraction of sp³-hybridized carbons (Fsp3) is 0. The number of rotatable bonds is 4. The Morgan fingerprint density at radius 1 is 1.04 bits per heavy atom. The summed E-state index contributed by atoms with van der Waals surface area (Å²) in [6.45, 7) is 0. The van der Waals surface area contributed by atoms with E-state index in [0.29, 0.717) is 27.3 Å². The minimum absolute atomic E-state index is 0. The molecule has 7 nitrogen and oxygen atoms in total. The topological polar surface area (TPSA) is 118 Å². The van der Waals surface area contributed by atoms with E-state index < -0.39 is 0 Å². The zero-order valence-corrected chi connectivity index (χ0v) is 16.9. The van der Waals surface area contributed by atoms with Crippen molar-refractivity contribution in [3.63, 3.8) is 0 Å². The first-order valence-electron chi connectivity index (χ1n) is 7.53. The molecule has 0 amide bonds. The number of ketones is 1. The van der Waals surface area contributed by atoms with E-state index in [4.69, 9.17) is 5.41 Å². The molecule has 1 heterocycles. The number of carbonyl (C=O) groups is 1. The third-order valence-corrected chi connectivity index (χ3v) is 4.79. The van der Waals surface area contributed by atoms with Gasteiger partial charge in [-0.3, -0.25) is 15.2 Å². The summed E-state index contributed by atoms with van der Waals surface area (Å²) in [5, 5.41) is 31.9. The van der Waals surface area contributed by atoms with Crippen LogP contribution in [0.15, 0.2) is 53.4 Å². The second-order valence-electron chi connectivity index (χ2n) is 5.59. The quantitative estimate of drug-likeness (QED) is 0.189. The molecule has 3 aromatic rings. The zero-order valence-electron chi connectivity index (χ0n) is 14.1. The molecule has 130 valence electrons. The van der Waals surface area contributed by atoms with Crippen LogP contribution < -0.4 is 34.8 Å². The van der Waals surface area contributed by atoms with Gasteiger partial charge in [0.25, 0.3) is 0 Å². The number of aromatic amines is 1. The van der Waals surface area contributed by atoms with Crippen molar-refractivity contribution in [2.45, 2.75) is 4.90 Å². The fourth-order valence-corrected chi connectivity index (χ4v) is 3.43. The van der Waals surface area contributed by atoms with Crippen molar-refractivity contribution in [2.24, 2.45) is 0 Å². The van der Waals surface area contributed by atoms with Crippen molar-refractivity contribution < 1.29 is 54.1 Å². The SMILES string of the molecule is N=C1c2ccccc2C(=O)c2c(-c3ccc(SOO[O-])cc3)[nH]c(O)c21.[Na+]. The Hall–Kier alpha value is -1.91. The molecule has 9 heteroatoms. The van der Waals surface area contributed by atoms with Crippen LogP contribution in [0, 0.1) is 5.41 Å². The zero-order chi connectivity index (χ0) is 18.3. The van der Waals surface area contributed by atoms with E-state index in [1.165, 1.54) is 0 Å². The van der Waals surface area contributed by atoms with Crippen LogP contribution in [-0.4, -0.2) is 21.6 Å². The molecule has 2 aromatic carbocycles. The van der Waals surface area contributed by atoms with Crippen molar-refractivity contribution >= 4 is 23.5 Å². The number of aromatic nitrogens is 1. The maximum absolute atomic E-state index is 13.0. The molecule has 1 aromatic heterocycles. The van der Waals surface area contributed by atoms with Gasteiger partial charge in [-0.25, -0.2) is 0 Å². The molecule has 0 saturated heterocycles. The summed E-state index contributed by atoms with van der Waals surface area (Å²) in [6.07, 6.45) is 0. The second kappa shape index (κ2) is 7.99. The molecule has 0 fully saturated rings. The van der Waals surface area contributed by atoms with E-state index in [1.54, 1.807) is 48.5 Å². The van der Waals surface area contributed by atoms with Gasteiger partial charge < -0.3 is 15.3 Å². The third kappa shape index (κ3) is 3.37. The van der Waals surface area contributed by atoms with E-state index in [0.717, 1.165) is 12.0 Å². The fourth-order valence-electron chi connectivity index (χ4n) is 3.07. The van der Waals surface area contributed by atoms with Crippen molar-refractivity contribution in [1.29, 1.82) is 5.41 Å². The molecular weight excluding hydrogens is 379 g/mol. The first-order chi connectivity index (χ1) is 12.6. The molecule has 27 heavy (non-hydrogen) atoms. The number of hydrogen-bond acceptors (Lipinski definition) is 7. The van der Waals surface area contributed by atoms with Crippen LogP contribution in [0.2, 0.25) is 0 Å². The van der Waals surface area contributed by atoms with Crippen LogP contribution in [0.3, 0.4) is 0 Å². The predicted molar refractivity (Wildman–Crippen MR) is 91.7 cm³/mol. The van der Waals surface area contributed by atoms with Crippen molar-refractivity contribution in [1.82, 2.24) is 4.98 Å². The van der Waals surface area contributed by atoms with Crippen LogP contribution >= 0.6 is 12.0 Å². The molecule has 0 bridgehead atoms. The standard InChI is InChI=1S/C18H12N2O5S.Na/c19-15-11-3-1-2-4-12(11)17(21)14-13(15)18(22)20-16(14)9-5-7-10(8-6-9)26-25-24-23;/h1-8,19-20,22-23H;/q;+1/p-1. The Morgan fingerprint density at radius 2 is 1.70 bits per heavy atom. The maximum atomic E-state index is 13.0. The van der Waals surface area contributed by atoms with Gasteiger partial charge in [-0.1, -0.05) is 36.4 Å². The maximum Gasteiger partial charge on any atom is 1.00 e. The van der Waals surface area contributed by atoms with Gasteiger partial charge in [-0.2, -0.15) is 4.33 Å². The van der Waals surface area contributed by atoms with Crippen LogP contribution in [0.5, 0.6) is 5.88 Å². The first kappa shape index (κ1) is 19.8. The molecule has 4 rings (SSSR count). The van der Waals surface area contributed by atoms with Gasteiger partial charge in [0.2, 0.25) is 0 Å². The largest absolute Gasteiger partial charge is 1.00 e. The molecule has 0 aliphatic heterocycles. The molecular formula is C18H11N2NaO5S. The van der Waals surface area contributed by atoms with Gasteiger partial charge in [0.05, 0.1) is 34.6 Å². The molecule has 0 radical (unpaired) electrons. The van der Waals surface area contributed by atoms with E-state index in [9.17, 15) is 15.2 Å². The minimum Gasteiger partial charge on any atom is -0.691 e. The third-order valence-electron chi connectivity index (χ3n) is 4.20. The number of benzene rings is 2. The molecule has 0 saturated carbocycles.